The second-order valence-corrected chi connectivity index (χ2v) is 8.49. The number of hydrogen-bond donors (Lipinski definition) is 1. The SMILES string of the molecule is O=C(Cc1csc(-c2cccc(F)c2)n1)Nc1nc(-c2ccc3c(c2)OCCO3)cs1. The largest absolute Gasteiger partial charge is 0.486 e. The number of rotatable bonds is 5. The van der Waals surface area contributed by atoms with Crippen molar-refractivity contribution in [1.29, 1.82) is 0 Å². The summed E-state index contributed by atoms with van der Waals surface area (Å²) in [6.45, 7) is 1.06. The summed E-state index contributed by atoms with van der Waals surface area (Å²) in [5, 5.41) is 7.69. The minimum Gasteiger partial charge on any atom is -0.486 e. The summed E-state index contributed by atoms with van der Waals surface area (Å²) in [6.07, 6.45) is 0.116. The average Bonchev–Trinajstić information content (AvgIpc) is 3.43. The Morgan fingerprint density at radius 1 is 1.00 bits per heavy atom. The molecule has 156 valence electrons. The lowest BCUT2D eigenvalue weighted by atomic mass is 10.1. The fraction of sp³-hybridized carbons (Fsp3) is 0.136. The molecule has 0 spiro atoms. The van der Waals surface area contributed by atoms with E-state index < -0.39 is 0 Å². The number of anilines is 1. The molecule has 1 aliphatic rings. The zero-order valence-corrected chi connectivity index (χ0v) is 17.8. The number of ether oxygens (including phenoxy) is 2. The van der Waals surface area contributed by atoms with Crippen LogP contribution in [-0.4, -0.2) is 29.1 Å². The van der Waals surface area contributed by atoms with Gasteiger partial charge >= 0.3 is 0 Å². The number of carbonyl (C=O) groups excluding carboxylic acids is 1. The third kappa shape index (κ3) is 4.42. The molecule has 5 rings (SSSR count). The summed E-state index contributed by atoms with van der Waals surface area (Å²) < 4.78 is 24.6. The molecule has 4 aromatic rings. The predicted octanol–water partition coefficient (Wildman–Crippen LogP) is 5.03. The molecule has 1 N–H and O–H groups in total. The van der Waals surface area contributed by atoms with Gasteiger partial charge < -0.3 is 14.8 Å². The topological polar surface area (TPSA) is 73.3 Å². The molecule has 2 aromatic heterocycles. The van der Waals surface area contributed by atoms with Crippen LogP contribution >= 0.6 is 22.7 Å². The molecule has 3 heterocycles. The number of thiazole rings is 2. The Labute approximate surface area is 185 Å². The number of nitrogens with one attached hydrogen (secondary N) is 1. The van der Waals surface area contributed by atoms with Gasteiger partial charge in [0.05, 0.1) is 17.8 Å². The van der Waals surface area contributed by atoms with E-state index in [1.807, 2.05) is 29.0 Å². The number of carbonyl (C=O) groups is 1. The maximum Gasteiger partial charge on any atom is 0.232 e. The first-order valence-electron chi connectivity index (χ1n) is 9.50. The molecule has 0 saturated heterocycles. The van der Waals surface area contributed by atoms with E-state index in [1.165, 1.54) is 34.8 Å². The lowest BCUT2D eigenvalue weighted by Crippen LogP contribution is -2.15. The van der Waals surface area contributed by atoms with Crippen LogP contribution in [0.5, 0.6) is 11.5 Å². The van der Waals surface area contributed by atoms with Gasteiger partial charge in [-0.1, -0.05) is 12.1 Å². The van der Waals surface area contributed by atoms with Crippen LogP contribution in [0.2, 0.25) is 0 Å². The molecule has 0 saturated carbocycles. The minimum atomic E-state index is -0.315. The molecule has 0 bridgehead atoms. The molecule has 31 heavy (non-hydrogen) atoms. The molecular weight excluding hydrogens is 437 g/mol. The van der Waals surface area contributed by atoms with Crippen molar-refractivity contribution in [3.05, 3.63) is 64.7 Å². The summed E-state index contributed by atoms with van der Waals surface area (Å²) in [7, 11) is 0. The normalized spacial score (nSPS) is 12.5. The van der Waals surface area contributed by atoms with Crippen molar-refractivity contribution in [3.63, 3.8) is 0 Å². The lowest BCUT2D eigenvalue weighted by molar-refractivity contribution is -0.115. The number of fused-ring (bicyclic) bond motifs is 1. The van der Waals surface area contributed by atoms with Crippen LogP contribution in [0.15, 0.2) is 53.2 Å². The molecule has 0 atom stereocenters. The fourth-order valence-electron chi connectivity index (χ4n) is 3.14. The Bertz CT molecular complexity index is 1250. The smallest absolute Gasteiger partial charge is 0.232 e. The standard InChI is InChI=1S/C22H16FN3O3S2/c23-15-3-1-2-14(8-15)21-24-16(11-30-21)10-20(27)26-22-25-17(12-31-22)13-4-5-18-19(9-13)29-7-6-28-18/h1-5,8-9,11-12H,6-7,10H2,(H,25,26,27). The van der Waals surface area contributed by atoms with Gasteiger partial charge in [-0.2, -0.15) is 0 Å². The first-order chi connectivity index (χ1) is 15.1. The Kier molecular flexibility index (Phi) is 5.35. The molecule has 0 radical (unpaired) electrons. The first kappa shape index (κ1) is 19.7. The first-order valence-corrected chi connectivity index (χ1v) is 11.3. The number of halogens is 1. The summed E-state index contributed by atoms with van der Waals surface area (Å²) in [4.78, 5) is 21.4. The van der Waals surface area contributed by atoms with Crippen LogP contribution in [0.4, 0.5) is 9.52 Å². The summed E-state index contributed by atoms with van der Waals surface area (Å²) in [5.41, 5.74) is 2.96. The molecule has 0 fully saturated rings. The van der Waals surface area contributed by atoms with Gasteiger partial charge in [-0.15, -0.1) is 22.7 Å². The van der Waals surface area contributed by atoms with Crippen molar-refractivity contribution in [2.75, 3.05) is 18.5 Å². The quantitative estimate of drug-likeness (QED) is 0.459. The van der Waals surface area contributed by atoms with Crippen molar-refractivity contribution < 1.29 is 18.7 Å². The Hall–Kier alpha value is -3.30. The molecule has 0 aliphatic carbocycles. The van der Waals surface area contributed by atoms with E-state index in [9.17, 15) is 9.18 Å². The van der Waals surface area contributed by atoms with Crippen LogP contribution in [0, 0.1) is 5.82 Å². The van der Waals surface area contributed by atoms with Crippen molar-refractivity contribution in [2.45, 2.75) is 6.42 Å². The van der Waals surface area contributed by atoms with E-state index in [0.29, 0.717) is 40.4 Å². The van der Waals surface area contributed by atoms with Gasteiger partial charge in [-0.3, -0.25) is 4.79 Å². The average molecular weight is 454 g/mol. The number of benzene rings is 2. The molecule has 9 heteroatoms. The van der Waals surface area contributed by atoms with Gasteiger partial charge in [-0.25, -0.2) is 14.4 Å². The van der Waals surface area contributed by atoms with Crippen molar-refractivity contribution in [1.82, 2.24) is 9.97 Å². The highest BCUT2D eigenvalue weighted by molar-refractivity contribution is 7.14. The number of amides is 1. The second-order valence-electron chi connectivity index (χ2n) is 6.78. The summed E-state index contributed by atoms with van der Waals surface area (Å²) >= 11 is 2.73. The Morgan fingerprint density at radius 3 is 2.74 bits per heavy atom. The summed E-state index contributed by atoms with van der Waals surface area (Å²) in [6, 6.07) is 11.9. The van der Waals surface area contributed by atoms with E-state index >= 15 is 0 Å². The third-order valence-corrected chi connectivity index (χ3v) is 6.25. The highest BCUT2D eigenvalue weighted by atomic mass is 32.1. The lowest BCUT2D eigenvalue weighted by Gasteiger charge is -2.18. The van der Waals surface area contributed by atoms with Crippen molar-refractivity contribution >= 4 is 33.7 Å². The Morgan fingerprint density at radius 2 is 1.87 bits per heavy atom. The zero-order chi connectivity index (χ0) is 21.2. The molecule has 2 aromatic carbocycles. The van der Waals surface area contributed by atoms with Gasteiger partial charge in [0, 0.05) is 21.9 Å². The van der Waals surface area contributed by atoms with Crippen LogP contribution in [-0.2, 0) is 11.2 Å². The molecule has 0 unspecified atom stereocenters. The highest BCUT2D eigenvalue weighted by Crippen LogP contribution is 2.35. The molecule has 1 aliphatic heterocycles. The van der Waals surface area contributed by atoms with Crippen LogP contribution in [0.3, 0.4) is 0 Å². The third-order valence-electron chi connectivity index (χ3n) is 4.55. The van der Waals surface area contributed by atoms with E-state index in [2.05, 4.69) is 15.3 Å². The van der Waals surface area contributed by atoms with E-state index in [1.54, 1.807) is 12.1 Å². The van der Waals surface area contributed by atoms with E-state index in [0.717, 1.165) is 17.0 Å². The number of aromatic nitrogens is 2. The molecule has 6 nitrogen and oxygen atoms in total. The maximum absolute atomic E-state index is 13.4. The molecular formula is C22H16FN3O3S2. The predicted molar refractivity (Wildman–Crippen MR) is 118 cm³/mol. The zero-order valence-electron chi connectivity index (χ0n) is 16.1. The minimum absolute atomic E-state index is 0.116. The monoisotopic (exact) mass is 453 g/mol. The highest BCUT2D eigenvalue weighted by Gasteiger charge is 2.15. The van der Waals surface area contributed by atoms with Gasteiger partial charge in [0.25, 0.3) is 0 Å². The van der Waals surface area contributed by atoms with E-state index in [4.69, 9.17) is 9.47 Å². The molecule has 1 amide bonds. The fourth-order valence-corrected chi connectivity index (χ4v) is 4.69. The van der Waals surface area contributed by atoms with Gasteiger partial charge in [-0.05, 0) is 30.3 Å². The van der Waals surface area contributed by atoms with Gasteiger partial charge in [0.2, 0.25) is 5.91 Å². The van der Waals surface area contributed by atoms with Crippen LogP contribution < -0.4 is 14.8 Å². The maximum atomic E-state index is 13.4. The summed E-state index contributed by atoms with van der Waals surface area (Å²) in [5.74, 6) is 0.892. The number of nitrogens with zero attached hydrogens (tertiary/aromatic N) is 2. The van der Waals surface area contributed by atoms with Crippen molar-refractivity contribution in [3.8, 4) is 33.3 Å². The second kappa shape index (κ2) is 8.44. The van der Waals surface area contributed by atoms with E-state index in [-0.39, 0.29) is 18.1 Å². The van der Waals surface area contributed by atoms with Gasteiger partial charge in [0.1, 0.15) is 24.0 Å². The number of hydrogen-bond acceptors (Lipinski definition) is 7. The van der Waals surface area contributed by atoms with Gasteiger partial charge in [0.15, 0.2) is 16.6 Å². The van der Waals surface area contributed by atoms with Crippen molar-refractivity contribution in [2.24, 2.45) is 0 Å². The Balaban J connectivity index is 1.24. The van der Waals surface area contributed by atoms with Crippen LogP contribution in [0.1, 0.15) is 5.69 Å². The van der Waals surface area contributed by atoms with Crippen LogP contribution in [0.25, 0.3) is 21.8 Å².